The van der Waals surface area contributed by atoms with Crippen molar-refractivity contribution < 1.29 is 9.59 Å². The van der Waals surface area contributed by atoms with Crippen LogP contribution in [0.15, 0.2) is 30.3 Å². The van der Waals surface area contributed by atoms with E-state index in [1.165, 1.54) is 0 Å². The van der Waals surface area contributed by atoms with Crippen LogP contribution >= 0.6 is 0 Å². The van der Waals surface area contributed by atoms with Crippen LogP contribution in [0.2, 0.25) is 0 Å². The summed E-state index contributed by atoms with van der Waals surface area (Å²) in [6.07, 6.45) is 1.03. The van der Waals surface area contributed by atoms with E-state index in [2.05, 4.69) is 19.2 Å². The highest BCUT2D eigenvalue weighted by molar-refractivity contribution is 5.94. The number of rotatable bonds is 4. The van der Waals surface area contributed by atoms with Gasteiger partial charge in [0, 0.05) is 12.1 Å². The molecule has 0 saturated heterocycles. The highest BCUT2D eigenvalue weighted by Crippen LogP contribution is 2.00. The summed E-state index contributed by atoms with van der Waals surface area (Å²) in [5.41, 5.74) is 0.733. The van der Waals surface area contributed by atoms with E-state index in [1.807, 2.05) is 37.1 Å². The summed E-state index contributed by atoms with van der Waals surface area (Å²) in [6, 6.07) is 9.30. The quantitative estimate of drug-likeness (QED) is 0.847. The zero-order valence-corrected chi connectivity index (χ0v) is 9.90. The zero-order chi connectivity index (χ0) is 12.4. The van der Waals surface area contributed by atoms with Crippen LogP contribution in [0.4, 0.5) is 0 Å². The molecule has 0 fully saturated rings. The Kier molecular flexibility index (Phi) is 7.76. The van der Waals surface area contributed by atoms with E-state index in [4.69, 9.17) is 4.79 Å². The van der Waals surface area contributed by atoms with Gasteiger partial charge in [0.1, 0.15) is 6.79 Å². The molecule has 0 heterocycles. The summed E-state index contributed by atoms with van der Waals surface area (Å²) in [4.78, 5) is 19.5. The second-order valence-electron chi connectivity index (χ2n) is 3.80. The van der Waals surface area contributed by atoms with Crippen LogP contribution in [0.25, 0.3) is 0 Å². The standard InChI is InChI=1S/C12H17NO.CH2O/c1-10(2)8-9-13-12(14)11-6-4-3-5-7-11;1-2/h3-7,10H,8-9H2,1-2H3,(H,13,14);1H2. The van der Waals surface area contributed by atoms with Crippen LogP contribution in [0.5, 0.6) is 0 Å². The minimum Gasteiger partial charge on any atom is -0.352 e. The lowest BCUT2D eigenvalue weighted by molar-refractivity contribution is -0.0979. The van der Waals surface area contributed by atoms with Crippen molar-refractivity contribution in [1.82, 2.24) is 5.32 Å². The van der Waals surface area contributed by atoms with Gasteiger partial charge in [0.05, 0.1) is 0 Å². The van der Waals surface area contributed by atoms with Gasteiger partial charge in [-0.15, -0.1) is 0 Å². The van der Waals surface area contributed by atoms with Gasteiger partial charge in [-0.3, -0.25) is 4.79 Å². The van der Waals surface area contributed by atoms with Crippen molar-refractivity contribution in [3.05, 3.63) is 35.9 Å². The molecule has 0 aliphatic heterocycles. The second-order valence-corrected chi connectivity index (χ2v) is 3.80. The lowest BCUT2D eigenvalue weighted by Gasteiger charge is -2.06. The molecule has 0 aromatic heterocycles. The molecule has 0 aliphatic rings. The Bertz CT molecular complexity index is 296. The molecule has 0 bridgehead atoms. The monoisotopic (exact) mass is 221 g/mol. The van der Waals surface area contributed by atoms with Crippen molar-refractivity contribution in [2.45, 2.75) is 20.3 Å². The van der Waals surface area contributed by atoms with E-state index in [9.17, 15) is 4.79 Å². The summed E-state index contributed by atoms with van der Waals surface area (Å²) < 4.78 is 0. The number of benzene rings is 1. The summed E-state index contributed by atoms with van der Waals surface area (Å²) in [7, 11) is 0. The van der Waals surface area contributed by atoms with E-state index in [1.54, 1.807) is 0 Å². The molecule has 1 aromatic rings. The molecule has 16 heavy (non-hydrogen) atoms. The molecule has 0 radical (unpaired) electrons. The number of hydrogen-bond donors (Lipinski definition) is 1. The number of nitrogens with one attached hydrogen (secondary N) is 1. The maximum Gasteiger partial charge on any atom is 0.251 e. The highest BCUT2D eigenvalue weighted by atomic mass is 16.1. The van der Waals surface area contributed by atoms with Crippen LogP contribution in [-0.4, -0.2) is 19.2 Å². The molecule has 1 amide bonds. The lowest BCUT2D eigenvalue weighted by Crippen LogP contribution is -2.25. The van der Waals surface area contributed by atoms with Gasteiger partial charge in [-0.2, -0.15) is 0 Å². The average Bonchev–Trinajstić information content (AvgIpc) is 2.32. The molecule has 1 aromatic carbocycles. The SMILES string of the molecule is C=O.CC(C)CCNC(=O)c1ccccc1. The fourth-order valence-corrected chi connectivity index (χ4v) is 1.17. The first-order chi connectivity index (χ1) is 7.70. The van der Waals surface area contributed by atoms with Crippen molar-refractivity contribution >= 4 is 12.7 Å². The lowest BCUT2D eigenvalue weighted by atomic mass is 10.1. The minimum atomic E-state index is 0.0197. The molecule has 0 aliphatic carbocycles. The fourth-order valence-electron chi connectivity index (χ4n) is 1.17. The zero-order valence-electron chi connectivity index (χ0n) is 9.90. The van der Waals surface area contributed by atoms with Crippen LogP contribution in [-0.2, 0) is 4.79 Å². The summed E-state index contributed by atoms with van der Waals surface area (Å²) in [5.74, 6) is 0.650. The van der Waals surface area contributed by atoms with Gasteiger partial charge in [0.25, 0.3) is 5.91 Å². The molecule has 88 valence electrons. The molecular weight excluding hydrogens is 202 g/mol. The van der Waals surface area contributed by atoms with Gasteiger partial charge in [-0.25, -0.2) is 0 Å². The van der Waals surface area contributed by atoms with Gasteiger partial charge in [-0.05, 0) is 24.5 Å². The van der Waals surface area contributed by atoms with Crippen molar-refractivity contribution in [3.8, 4) is 0 Å². The third-order valence-corrected chi connectivity index (χ3v) is 2.04. The molecule has 3 heteroatoms. The fraction of sp³-hybridized carbons (Fsp3) is 0.385. The largest absolute Gasteiger partial charge is 0.352 e. The van der Waals surface area contributed by atoms with Gasteiger partial charge in [0.2, 0.25) is 0 Å². The first kappa shape index (κ1) is 14.4. The third kappa shape index (κ3) is 5.96. The molecule has 0 saturated carbocycles. The average molecular weight is 221 g/mol. The molecule has 1 rings (SSSR count). The maximum atomic E-state index is 11.5. The third-order valence-electron chi connectivity index (χ3n) is 2.04. The maximum absolute atomic E-state index is 11.5. The molecule has 1 N–H and O–H groups in total. The first-order valence-electron chi connectivity index (χ1n) is 5.32. The second kappa shape index (κ2) is 8.65. The normalized spacial score (nSPS) is 9.19. The Morgan fingerprint density at radius 1 is 1.25 bits per heavy atom. The minimum absolute atomic E-state index is 0.0197. The van der Waals surface area contributed by atoms with E-state index in [0.717, 1.165) is 18.5 Å². The van der Waals surface area contributed by atoms with Crippen LogP contribution < -0.4 is 5.32 Å². The number of carbonyl (C=O) groups is 2. The Balaban J connectivity index is 0.00000106. The smallest absolute Gasteiger partial charge is 0.251 e. The van der Waals surface area contributed by atoms with Crippen LogP contribution in [0, 0.1) is 5.92 Å². The highest BCUT2D eigenvalue weighted by Gasteiger charge is 2.03. The molecule has 0 atom stereocenters. The van der Waals surface area contributed by atoms with Gasteiger partial charge in [-0.1, -0.05) is 32.0 Å². The molecule has 3 nitrogen and oxygen atoms in total. The molecular formula is C13H19NO2. The van der Waals surface area contributed by atoms with Crippen LogP contribution in [0.3, 0.4) is 0 Å². The number of amides is 1. The van der Waals surface area contributed by atoms with E-state index in [0.29, 0.717) is 5.92 Å². The Hall–Kier alpha value is -1.64. The Morgan fingerprint density at radius 3 is 2.31 bits per heavy atom. The summed E-state index contributed by atoms with van der Waals surface area (Å²) in [6.45, 7) is 7.05. The summed E-state index contributed by atoms with van der Waals surface area (Å²) >= 11 is 0. The first-order valence-corrected chi connectivity index (χ1v) is 5.32. The van der Waals surface area contributed by atoms with Gasteiger partial charge >= 0.3 is 0 Å². The van der Waals surface area contributed by atoms with E-state index in [-0.39, 0.29) is 5.91 Å². The van der Waals surface area contributed by atoms with E-state index < -0.39 is 0 Å². The van der Waals surface area contributed by atoms with Gasteiger partial charge < -0.3 is 10.1 Å². The van der Waals surface area contributed by atoms with Crippen LogP contribution in [0.1, 0.15) is 30.6 Å². The number of hydrogen-bond acceptors (Lipinski definition) is 2. The Labute approximate surface area is 96.9 Å². The van der Waals surface area contributed by atoms with Crippen molar-refractivity contribution in [3.63, 3.8) is 0 Å². The number of carbonyl (C=O) groups excluding carboxylic acids is 2. The summed E-state index contributed by atoms with van der Waals surface area (Å²) in [5, 5.41) is 2.89. The van der Waals surface area contributed by atoms with Gasteiger partial charge in [0.15, 0.2) is 0 Å². The predicted molar refractivity (Wildman–Crippen MR) is 65.4 cm³/mol. The van der Waals surface area contributed by atoms with Crippen molar-refractivity contribution in [1.29, 1.82) is 0 Å². The topological polar surface area (TPSA) is 46.2 Å². The molecule has 0 unspecified atom stereocenters. The Morgan fingerprint density at radius 2 is 1.81 bits per heavy atom. The predicted octanol–water partition coefficient (Wildman–Crippen LogP) is 2.28. The van der Waals surface area contributed by atoms with Crippen molar-refractivity contribution in [2.75, 3.05) is 6.54 Å². The van der Waals surface area contributed by atoms with E-state index >= 15 is 0 Å². The van der Waals surface area contributed by atoms with Crippen molar-refractivity contribution in [2.24, 2.45) is 5.92 Å². The molecule has 0 spiro atoms.